The monoisotopic (exact) mass is 633 g/mol. The molecule has 4 rings (SSSR count). The Hall–Kier alpha value is -4.28. The summed E-state index contributed by atoms with van der Waals surface area (Å²) in [6, 6.07) is 10.6. The summed E-state index contributed by atoms with van der Waals surface area (Å²) < 4.78 is 35.3. The van der Waals surface area contributed by atoms with Crippen molar-refractivity contribution < 1.29 is 37.3 Å². The minimum atomic E-state index is -4.40. The van der Waals surface area contributed by atoms with Gasteiger partial charge in [0.2, 0.25) is 5.69 Å². The zero-order chi connectivity index (χ0) is 33.3. The van der Waals surface area contributed by atoms with E-state index in [2.05, 4.69) is 30.6 Å². The van der Waals surface area contributed by atoms with E-state index in [0.29, 0.717) is 17.8 Å². The van der Waals surface area contributed by atoms with E-state index in [1.165, 1.54) is 12.1 Å². The molecule has 0 saturated carbocycles. The summed E-state index contributed by atoms with van der Waals surface area (Å²) in [5.74, 6) is -1.79. The zero-order valence-corrected chi connectivity index (χ0v) is 27.4. The van der Waals surface area contributed by atoms with Crippen molar-refractivity contribution in [3.8, 4) is 0 Å². The second-order valence-corrected chi connectivity index (χ2v) is 14.0. The van der Waals surface area contributed by atoms with Gasteiger partial charge >= 0.3 is 11.9 Å². The number of carbonyl (C=O) groups is 2. The molecule has 0 unspecified atom stereocenters. The molecule has 10 heteroatoms. The van der Waals surface area contributed by atoms with Crippen LogP contribution in [0.25, 0.3) is 0 Å². The van der Waals surface area contributed by atoms with Gasteiger partial charge in [0.25, 0.3) is 10.1 Å². The van der Waals surface area contributed by atoms with Gasteiger partial charge in [-0.3, -0.25) is 14.1 Å². The second kappa shape index (κ2) is 12.6. The third kappa shape index (κ3) is 7.02. The lowest BCUT2D eigenvalue weighted by molar-refractivity contribution is -0.436. The van der Waals surface area contributed by atoms with Crippen molar-refractivity contribution in [2.75, 3.05) is 18.0 Å². The van der Waals surface area contributed by atoms with Crippen LogP contribution >= 0.6 is 0 Å². The average molecular weight is 634 g/mol. The van der Waals surface area contributed by atoms with Crippen molar-refractivity contribution in [2.24, 2.45) is 0 Å². The number of benzene rings is 2. The molecule has 2 aliphatic rings. The highest BCUT2D eigenvalue weighted by atomic mass is 32.2. The molecule has 0 bridgehead atoms. The SMILES string of the molecule is CC(/C=C/C=C1/N(CCC(=O)O)c2ccc(S(=O)(=O)O)cc2C1(C)C)=C\C=C\C1=[N+](CCC(=O)O)c2ccc(C)cc2C1(C)C. The summed E-state index contributed by atoms with van der Waals surface area (Å²) in [4.78, 5) is 24.5. The lowest BCUT2D eigenvalue weighted by atomic mass is 9.81. The van der Waals surface area contributed by atoms with Crippen LogP contribution in [0.2, 0.25) is 0 Å². The molecule has 2 aromatic carbocycles. The van der Waals surface area contributed by atoms with Gasteiger partial charge in [-0.1, -0.05) is 55.4 Å². The first-order valence-corrected chi connectivity index (χ1v) is 16.2. The Balaban J connectivity index is 1.63. The summed E-state index contributed by atoms with van der Waals surface area (Å²) in [6.07, 6.45) is 11.6. The third-order valence-electron chi connectivity index (χ3n) is 8.53. The molecule has 2 heterocycles. The lowest BCUT2D eigenvalue weighted by Crippen LogP contribution is -2.28. The number of carboxylic acid groups (broad SMARTS) is 2. The highest BCUT2D eigenvalue weighted by Crippen LogP contribution is 2.48. The fraction of sp³-hybridized carbons (Fsp3) is 0.343. The van der Waals surface area contributed by atoms with Crippen LogP contribution in [-0.2, 0) is 30.5 Å². The topological polar surface area (TPSA) is 135 Å². The van der Waals surface area contributed by atoms with Crippen molar-refractivity contribution in [3.05, 3.63) is 101 Å². The van der Waals surface area contributed by atoms with Crippen LogP contribution in [-0.4, -0.2) is 58.5 Å². The Morgan fingerprint density at radius 1 is 0.933 bits per heavy atom. The molecule has 3 N–H and O–H groups in total. The fourth-order valence-corrected chi connectivity index (χ4v) is 6.65. The molecule has 0 radical (unpaired) electrons. The van der Waals surface area contributed by atoms with E-state index >= 15 is 0 Å². The molecule has 2 aromatic rings. The summed E-state index contributed by atoms with van der Waals surface area (Å²) >= 11 is 0. The minimum absolute atomic E-state index is 0.0217. The Kier molecular flexibility index (Phi) is 9.42. The van der Waals surface area contributed by atoms with Gasteiger partial charge in [0.1, 0.15) is 6.42 Å². The zero-order valence-electron chi connectivity index (χ0n) is 26.5. The number of hydrogen-bond donors (Lipinski definition) is 3. The number of fused-ring (bicyclic) bond motifs is 2. The van der Waals surface area contributed by atoms with Gasteiger partial charge in [-0.2, -0.15) is 13.0 Å². The number of anilines is 1. The lowest BCUT2D eigenvalue weighted by Gasteiger charge is -2.26. The van der Waals surface area contributed by atoms with E-state index in [1.54, 1.807) is 6.07 Å². The predicted octanol–water partition coefficient (Wildman–Crippen LogP) is 6.31. The summed E-state index contributed by atoms with van der Waals surface area (Å²) in [6.45, 7) is 12.7. The largest absolute Gasteiger partial charge is 0.481 e. The van der Waals surface area contributed by atoms with Gasteiger partial charge in [0.05, 0.1) is 16.7 Å². The predicted molar refractivity (Wildman–Crippen MR) is 175 cm³/mol. The normalized spacial score (nSPS) is 18.3. The van der Waals surface area contributed by atoms with E-state index in [9.17, 15) is 32.8 Å². The molecule has 0 fully saturated rings. The van der Waals surface area contributed by atoms with Crippen molar-refractivity contribution in [1.29, 1.82) is 0 Å². The van der Waals surface area contributed by atoms with Crippen LogP contribution in [0.4, 0.5) is 11.4 Å². The summed E-state index contributed by atoms with van der Waals surface area (Å²) in [5, 5.41) is 18.7. The molecule has 0 amide bonds. The molecular weight excluding hydrogens is 592 g/mol. The van der Waals surface area contributed by atoms with Gasteiger partial charge in [-0.25, -0.2) is 0 Å². The van der Waals surface area contributed by atoms with Crippen LogP contribution in [0.15, 0.2) is 89.0 Å². The summed E-state index contributed by atoms with van der Waals surface area (Å²) in [7, 11) is -4.40. The Labute approximate surface area is 265 Å². The van der Waals surface area contributed by atoms with Gasteiger partial charge in [0.15, 0.2) is 12.3 Å². The Morgan fingerprint density at radius 3 is 2.27 bits per heavy atom. The van der Waals surface area contributed by atoms with Gasteiger partial charge < -0.3 is 15.1 Å². The first-order chi connectivity index (χ1) is 20.9. The second-order valence-electron chi connectivity index (χ2n) is 12.6. The van der Waals surface area contributed by atoms with Gasteiger partial charge in [-0.15, -0.1) is 0 Å². The van der Waals surface area contributed by atoms with Crippen molar-refractivity contribution in [3.63, 3.8) is 0 Å². The maximum Gasteiger partial charge on any atom is 0.309 e. The van der Waals surface area contributed by atoms with E-state index in [1.807, 2.05) is 75.1 Å². The molecule has 0 spiro atoms. The first-order valence-electron chi connectivity index (χ1n) is 14.8. The van der Waals surface area contributed by atoms with Gasteiger partial charge in [0, 0.05) is 41.1 Å². The van der Waals surface area contributed by atoms with Gasteiger partial charge in [-0.05, 0) is 63.6 Å². The number of aryl methyl sites for hydroxylation is 1. The van der Waals surface area contributed by atoms with Crippen molar-refractivity contribution in [2.45, 2.75) is 70.1 Å². The third-order valence-corrected chi connectivity index (χ3v) is 9.38. The number of carboxylic acids is 2. The number of nitrogens with zero attached hydrogens (tertiary/aromatic N) is 2. The number of aliphatic carboxylic acids is 2. The maximum atomic E-state index is 11.8. The fourth-order valence-electron chi connectivity index (χ4n) is 6.14. The van der Waals surface area contributed by atoms with E-state index in [4.69, 9.17) is 0 Å². The van der Waals surface area contributed by atoms with Crippen LogP contribution in [0.1, 0.15) is 64.2 Å². The van der Waals surface area contributed by atoms with Crippen LogP contribution < -0.4 is 4.90 Å². The number of allylic oxidation sites excluding steroid dienone is 8. The highest BCUT2D eigenvalue weighted by Gasteiger charge is 2.44. The molecular formula is C35H41N2O7S+. The minimum Gasteiger partial charge on any atom is -0.481 e. The molecule has 0 saturated heterocycles. The molecule has 45 heavy (non-hydrogen) atoms. The molecule has 238 valence electrons. The van der Waals surface area contributed by atoms with Crippen LogP contribution in [0.3, 0.4) is 0 Å². The van der Waals surface area contributed by atoms with Crippen LogP contribution in [0.5, 0.6) is 0 Å². The standard InChI is InChI=1S/C35H40N2O7S/c1-23(9-7-11-30-34(3,4)26-21-24(2)13-15-28(26)36(30)19-17-32(38)39)10-8-12-31-35(5,6)27-22-25(45(42,43)44)14-16-29(27)37(31)20-18-33(40)41/h7-16,21-22H,17-20H2,1-6H3,(H2-,38,39,40,41,42,43,44)/p+1. The quantitative estimate of drug-likeness (QED) is 0.149. The van der Waals surface area contributed by atoms with Crippen LogP contribution in [0, 0.1) is 6.92 Å². The number of hydrogen-bond acceptors (Lipinski definition) is 5. The smallest absolute Gasteiger partial charge is 0.309 e. The van der Waals surface area contributed by atoms with E-state index in [-0.39, 0.29) is 29.7 Å². The van der Waals surface area contributed by atoms with Crippen molar-refractivity contribution >= 4 is 39.1 Å². The summed E-state index contributed by atoms with van der Waals surface area (Å²) in [5.41, 5.74) is 6.51. The van der Waals surface area contributed by atoms with E-state index in [0.717, 1.165) is 33.8 Å². The maximum absolute atomic E-state index is 11.8. The highest BCUT2D eigenvalue weighted by molar-refractivity contribution is 7.85. The average Bonchev–Trinajstić information content (AvgIpc) is 3.28. The molecule has 0 aliphatic carbocycles. The molecule has 9 nitrogen and oxygen atoms in total. The van der Waals surface area contributed by atoms with Crippen molar-refractivity contribution in [1.82, 2.24) is 0 Å². The Bertz CT molecular complexity index is 1810. The molecule has 2 aliphatic heterocycles. The number of rotatable bonds is 11. The molecule has 0 atom stereocenters. The molecule has 0 aromatic heterocycles. The van der Waals surface area contributed by atoms with E-state index < -0.39 is 27.5 Å². The first kappa shape index (κ1) is 33.6. The Morgan fingerprint density at radius 2 is 1.62 bits per heavy atom.